The predicted octanol–water partition coefficient (Wildman–Crippen LogP) is 7.58. The largest absolute Gasteiger partial charge is 0.477 e. The normalized spacial score (nSPS) is 22.6. The Morgan fingerprint density at radius 2 is 1.46 bits per heavy atom. The molecule has 5 heteroatoms. The van der Waals surface area contributed by atoms with Gasteiger partial charge in [0.2, 0.25) is 0 Å². The van der Waals surface area contributed by atoms with Crippen molar-refractivity contribution in [2.75, 3.05) is 4.90 Å². The van der Waals surface area contributed by atoms with Crippen molar-refractivity contribution in [3.05, 3.63) is 137 Å². The summed E-state index contributed by atoms with van der Waals surface area (Å²) < 4.78 is 0. The first-order valence-electron chi connectivity index (χ1n) is 14.2. The van der Waals surface area contributed by atoms with Crippen molar-refractivity contribution >= 4 is 29.3 Å². The van der Waals surface area contributed by atoms with Gasteiger partial charge < -0.3 is 15.1 Å². The summed E-state index contributed by atoms with van der Waals surface area (Å²) in [5, 5.41) is 18.9. The van der Waals surface area contributed by atoms with Crippen LogP contribution < -0.4 is 4.90 Å². The first-order valence-corrected chi connectivity index (χ1v) is 14.2. The lowest BCUT2D eigenvalue weighted by Crippen LogP contribution is -2.30. The Hall–Kier alpha value is -4.64. The van der Waals surface area contributed by atoms with Crippen LogP contribution in [0.5, 0.6) is 0 Å². The Morgan fingerprint density at radius 1 is 0.854 bits per heavy atom. The number of benzene rings is 3. The monoisotopic (exact) mass is 543 g/mol. The third kappa shape index (κ3) is 5.16. The SMILES string of the molecule is CC1(C=C(C(=O)O)C(=O)O)C=CC2=C(C1)C1CCCC1N2c1ccc(C=C(c2ccccc2)c2ccccc2)cc1. The van der Waals surface area contributed by atoms with Crippen molar-refractivity contribution in [2.45, 2.75) is 38.6 Å². The Kier molecular flexibility index (Phi) is 6.96. The van der Waals surface area contributed by atoms with E-state index in [1.165, 1.54) is 34.0 Å². The Morgan fingerprint density at radius 3 is 2.05 bits per heavy atom. The predicted molar refractivity (Wildman–Crippen MR) is 162 cm³/mol. The van der Waals surface area contributed by atoms with E-state index in [0.717, 1.165) is 30.5 Å². The number of rotatable bonds is 7. The van der Waals surface area contributed by atoms with Gasteiger partial charge >= 0.3 is 11.9 Å². The van der Waals surface area contributed by atoms with Crippen LogP contribution >= 0.6 is 0 Å². The zero-order valence-corrected chi connectivity index (χ0v) is 23.0. The zero-order chi connectivity index (χ0) is 28.6. The fraction of sp³-hybridized carbons (Fsp3) is 0.222. The maximum absolute atomic E-state index is 11.6. The number of allylic oxidation sites excluding steroid dienone is 3. The first kappa shape index (κ1) is 26.6. The number of carboxylic acid groups (broad SMARTS) is 2. The third-order valence-corrected chi connectivity index (χ3v) is 8.63. The quantitative estimate of drug-likeness (QED) is 0.139. The van der Waals surface area contributed by atoms with Crippen LogP contribution in [-0.4, -0.2) is 28.2 Å². The smallest absolute Gasteiger partial charge is 0.342 e. The van der Waals surface area contributed by atoms with Crippen LogP contribution in [0.1, 0.15) is 49.3 Å². The van der Waals surface area contributed by atoms with Crippen molar-refractivity contribution in [1.29, 1.82) is 0 Å². The molecule has 0 amide bonds. The van der Waals surface area contributed by atoms with E-state index in [9.17, 15) is 19.8 Å². The lowest BCUT2D eigenvalue weighted by Gasteiger charge is -2.31. The second-order valence-corrected chi connectivity index (χ2v) is 11.5. The van der Waals surface area contributed by atoms with E-state index in [0.29, 0.717) is 18.4 Å². The van der Waals surface area contributed by atoms with Crippen LogP contribution in [0.25, 0.3) is 11.6 Å². The molecule has 1 heterocycles. The first-order chi connectivity index (χ1) is 19.8. The van der Waals surface area contributed by atoms with Gasteiger partial charge in [0.1, 0.15) is 5.57 Å². The van der Waals surface area contributed by atoms with E-state index in [-0.39, 0.29) is 0 Å². The van der Waals surface area contributed by atoms with Gasteiger partial charge in [0.25, 0.3) is 0 Å². The van der Waals surface area contributed by atoms with Gasteiger partial charge in [-0.25, -0.2) is 9.59 Å². The fourth-order valence-corrected chi connectivity index (χ4v) is 6.77. The molecule has 3 atom stereocenters. The molecule has 3 aliphatic rings. The van der Waals surface area contributed by atoms with Crippen LogP contribution in [0.15, 0.2) is 120 Å². The van der Waals surface area contributed by atoms with E-state index in [4.69, 9.17) is 0 Å². The molecular weight excluding hydrogens is 510 g/mol. The van der Waals surface area contributed by atoms with E-state index in [1.54, 1.807) is 0 Å². The molecule has 0 spiro atoms. The molecule has 3 aromatic rings. The van der Waals surface area contributed by atoms with E-state index >= 15 is 0 Å². The summed E-state index contributed by atoms with van der Waals surface area (Å²) in [5.74, 6) is -2.42. The zero-order valence-electron chi connectivity index (χ0n) is 23.0. The third-order valence-electron chi connectivity index (χ3n) is 8.63. The van der Waals surface area contributed by atoms with Crippen molar-refractivity contribution in [3.63, 3.8) is 0 Å². The standard InChI is InChI=1S/C36H33NO4/c1-36(23-31(34(38)39)35(40)41)20-19-33-30(22-36)28-13-8-14-32(28)37(33)27-17-15-24(16-18-27)21-29(25-9-4-2-5-10-25)26-11-6-3-7-12-26/h2-7,9-12,15-21,23,28,32H,8,13-14,22H2,1H3,(H,38,39)(H,40,41). The topological polar surface area (TPSA) is 77.8 Å². The number of hydrogen-bond acceptors (Lipinski definition) is 3. The minimum absolute atomic E-state index is 0.361. The fourth-order valence-electron chi connectivity index (χ4n) is 6.77. The highest BCUT2D eigenvalue weighted by atomic mass is 16.4. The van der Waals surface area contributed by atoms with Crippen molar-refractivity contribution < 1.29 is 19.8 Å². The van der Waals surface area contributed by atoms with Crippen LogP contribution in [0.3, 0.4) is 0 Å². The summed E-state index contributed by atoms with van der Waals surface area (Å²) in [6.45, 7) is 1.92. The molecule has 3 unspecified atom stereocenters. The summed E-state index contributed by atoms with van der Waals surface area (Å²) in [7, 11) is 0. The number of nitrogens with zero attached hydrogens (tertiary/aromatic N) is 1. The number of anilines is 1. The molecular formula is C36H33NO4. The average molecular weight is 544 g/mol. The van der Waals surface area contributed by atoms with Crippen LogP contribution in [0.4, 0.5) is 5.69 Å². The Labute approximate surface area is 240 Å². The number of hydrogen-bond donors (Lipinski definition) is 2. The van der Waals surface area contributed by atoms with Crippen LogP contribution in [0, 0.1) is 11.3 Å². The van der Waals surface area contributed by atoms with Gasteiger partial charge in [-0.15, -0.1) is 0 Å². The molecule has 0 saturated heterocycles. The van der Waals surface area contributed by atoms with Gasteiger partial charge in [0, 0.05) is 28.8 Å². The molecule has 5 nitrogen and oxygen atoms in total. The van der Waals surface area contributed by atoms with Crippen molar-refractivity contribution in [3.8, 4) is 0 Å². The maximum atomic E-state index is 11.6. The Bertz CT molecular complexity index is 1540. The maximum Gasteiger partial charge on any atom is 0.342 e. The highest BCUT2D eigenvalue weighted by Gasteiger charge is 2.46. The molecule has 206 valence electrons. The minimum Gasteiger partial charge on any atom is -0.477 e. The minimum atomic E-state index is -1.41. The molecule has 2 N–H and O–H groups in total. The highest BCUT2D eigenvalue weighted by Crippen LogP contribution is 2.52. The second-order valence-electron chi connectivity index (χ2n) is 11.5. The molecule has 1 saturated carbocycles. The molecule has 1 aliphatic heterocycles. The number of carbonyl (C=O) groups is 2. The molecule has 41 heavy (non-hydrogen) atoms. The number of aliphatic carboxylic acids is 2. The summed E-state index contributed by atoms with van der Waals surface area (Å²) >= 11 is 0. The summed E-state index contributed by atoms with van der Waals surface area (Å²) in [6.07, 6.45) is 11.6. The molecule has 3 aromatic carbocycles. The van der Waals surface area contributed by atoms with Crippen LogP contribution in [-0.2, 0) is 9.59 Å². The summed E-state index contributed by atoms with van der Waals surface area (Å²) in [4.78, 5) is 25.6. The molecule has 0 bridgehead atoms. The van der Waals surface area contributed by atoms with Gasteiger partial charge in [-0.05, 0) is 71.4 Å². The summed E-state index contributed by atoms with van der Waals surface area (Å²) in [5.41, 5.74) is 7.03. The Balaban J connectivity index is 1.32. The van der Waals surface area contributed by atoms with Gasteiger partial charge in [-0.1, -0.05) is 98.3 Å². The van der Waals surface area contributed by atoms with Gasteiger partial charge in [0.05, 0.1) is 0 Å². The molecule has 6 rings (SSSR count). The molecule has 2 aliphatic carbocycles. The molecule has 0 radical (unpaired) electrons. The van der Waals surface area contributed by atoms with Crippen LogP contribution in [0.2, 0.25) is 0 Å². The summed E-state index contributed by atoms with van der Waals surface area (Å²) in [6, 6.07) is 30.0. The van der Waals surface area contributed by atoms with Crippen molar-refractivity contribution in [1.82, 2.24) is 0 Å². The number of fused-ring (bicyclic) bond motifs is 2. The second kappa shape index (κ2) is 10.7. The number of carboxylic acids is 2. The lowest BCUT2D eigenvalue weighted by molar-refractivity contribution is -0.140. The van der Waals surface area contributed by atoms with Crippen molar-refractivity contribution in [2.24, 2.45) is 11.3 Å². The molecule has 1 fully saturated rings. The van der Waals surface area contributed by atoms with E-state index in [2.05, 4.69) is 89.8 Å². The molecule has 0 aromatic heterocycles. The van der Waals surface area contributed by atoms with Gasteiger partial charge in [-0.3, -0.25) is 0 Å². The lowest BCUT2D eigenvalue weighted by atomic mass is 9.75. The highest BCUT2D eigenvalue weighted by molar-refractivity contribution is 6.12. The van der Waals surface area contributed by atoms with Gasteiger partial charge in [-0.2, -0.15) is 0 Å². The van der Waals surface area contributed by atoms with Gasteiger partial charge in [0.15, 0.2) is 0 Å². The van der Waals surface area contributed by atoms with E-state index < -0.39 is 22.9 Å². The average Bonchev–Trinajstić information content (AvgIpc) is 3.57. The van der Waals surface area contributed by atoms with E-state index in [1.807, 2.05) is 25.1 Å².